The maximum atomic E-state index is 12.4. The zero-order valence-corrected chi connectivity index (χ0v) is 16.7. The maximum absolute atomic E-state index is 12.4. The van der Waals surface area contributed by atoms with Crippen molar-refractivity contribution in [2.45, 2.75) is 39.3 Å². The van der Waals surface area contributed by atoms with Gasteiger partial charge in [0.25, 0.3) is 5.56 Å². The fourth-order valence-electron chi connectivity index (χ4n) is 2.92. The number of anilines is 2. The second-order valence-corrected chi connectivity index (χ2v) is 6.64. The molecule has 1 aromatic carbocycles. The van der Waals surface area contributed by atoms with Crippen molar-refractivity contribution in [1.82, 2.24) is 9.55 Å². The van der Waals surface area contributed by atoms with Gasteiger partial charge in [0.2, 0.25) is 0 Å². The molecular weight excluding hydrogens is 374 g/mol. The first-order valence-corrected chi connectivity index (χ1v) is 9.59. The molecule has 0 aliphatic carbocycles. The van der Waals surface area contributed by atoms with E-state index >= 15 is 0 Å². The van der Waals surface area contributed by atoms with Gasteiger partial charge in [-0.25, -0.2) is 4.79 Å². The maximum Gasteiger partial charge on any atom is 0.330 e. The van der Waals surface area contributed by atoms with Gasteiger partial charge in [0.05, 0.1) is 11.6 Å². The lowest BCUT2D eigenvalue weighted by atomic mass is 10.2. The van der Waals surface area contributed by atoms with Gasteiger partial charge < -0.3 is 20.5 Å². The van der Waals surface area contributed by atoms with Crippen LogP contribution in [0.3, 0.4) is 0 Å². The van der Waals surface area contributed by atoms with Crippen molar-refractivity contribution in [3.05, 3.63) is 50.7 Å². The number of nitrogens with one attached hydrogen (secondary N) is 1. The van der Waals surface area contributed by atoms with E-state index in [2.05, 4.69) is 4.98 Å². The number of nitrogen functional groups attached to an aromatic ring is 1. The third kappa shape index (κ3) is 5.62. The van der Waals surface area contributed by atoms with E-state index in [1.54, 1.807) is 29.2 Å². The highest BCUT2D eigenvalue weighted by Gasteiger charge is 2.20. The number of likely N-dealkylation sites (N-methyl/N-ethyl adjacent to an activating group) is 1. The Morgan fingerprint density at radius 2 is 2.00 bits per heavy atom. The summed E-state index contributed by atoms with van der Waals surface area (Å²) in [5, 5.41) is 19.2. The molecule has 0 fully saturated rings. The number of unbranched alkanes of at least 4 members (excludes halogenated alkanes) is 1. The molecule has 1 heterocycles. The number of ether oxygens (including phenoxy) is 1. The quantitative estimate of drug-likeness (QED) is 0.541. The molecule has 9 nitrogen and oxygen atoms in total. The molecule has 4 N–H and O–H groups in total. The van der Waals surface area contributed by atoms with Gasteiger partial charge in [-0.15, -0.1) is 0 Å². The molecule has 0 saturated heterocycles. The molecule has 0 radical (unpaired) electrons. The topological polar surface area (TPSA) is 137 Å². The summed E-state index contributed by atoms with van der Waals surface area (Å²) in [5.74, 6) is 0.617. The van der Waals surface area contributed by atoms with Crippen LogP contribution >= 0.6 is 0 Å². The van der Waals surface area contributed by atoms with Crippen LogP contribution in [-0.4, -0.2) is 40.5 Å². The largest absolute Gasteiger partial charge is 0.491 e. The minimum Gasteiger partial charge on any atom is -0.491 e. The number of hydrogen-bond donors (Lipinski definition) is 3. The van der Waals surface area contributed by atoms with Crippen LogP contribution in [0, 0.1) is 11.3 Å². The van der Waals surface area contributed by atoms with Gasteiger partial charge in [-0.2, -0.15) is 5.26 Å². The number of hydrogen-bond acceptors (Lipinski definition) is 7. The summed E-state index contributed by atoms with van der Waals surface area (Å²) in [6, 6.07) is 8.57. The predicted octanol–water partition coefficient (Wildman–Crippen LogP) is 1.06. The lowest BCUT2D eigenvalue weighted by Gasteiger charge is -2.27. The van der Waals surface area contributed by atoms with E-state index in [9.17, 15) is 14.7 Å². The van der Waals surface area contributed by atoms with E-state index in [4.69, 9.17) is 15.7 Å². The number of nitrogens with zero attached hydrogens (tertiary/aromatic N) is 3. The average Bonchev–Trinajstić information content (AvgIpc) is 2.71. The Bertz CT molecular complexity index is 959. The molecule has 1 atom stereocenters. The fourth-order valence-corrected chi connectivity index (χ4v) is 2.92. The molecule has 9 heteroatoms. The normalized spacial score (nSPS) is 11.7. The first-order valence-electron chi connectivity index (χ1n) is 9.59. The van der Waals surface area contributed by atoms with Crippen LogP contribution in [0.4, 0.5) is 11.5 Å². The van der Waals surface area contributed by atoms with Crippen LogP contribution in [0.1, 0.15) is 32.3 Å². The van der Waals surface area contributed by atoms with Crippen LogP contribution in [0.15, 0.2) is 33.9 Å². The summed E-state index contributed by atoms with van der Waals surface area (Å²) in [6.07, 6.45) is 0.729. The predicted molar refractivity (Wildman–Crippen MR) is 111 cm³/mol. The van der Waals surface area contributed by atoms with Crippen molar-refractivity contribution < 1.29 is 9.84 Å². The number of aromatic amines is 1. The summed E-state index contributed by atoms with van der Waals surface area (Å²) in [6.45, 7) is 4.74. The van der Waals surface area contributed by atoms with Gasteiger partial charge in [0.15, 0.2) is 0 Å². The second kappa shape index (κ2) is 10.3. The molecule has 0 saturated carbocycles. The molecule has 1 aromatic heterocycles. The number of aliphatic hydroxyl groups excluding tert-OH is 1. The Hall–Kier alpha value is -3.25. The Morgan fingerprint density at radius 3 is 2.59 bits per heavy atom. The van der Waals surface area contributed by atoms with Crippen LogP contribution in [0.25, 0.3) is 0 Å². The summed E-state index contributed by atoms with van der Waals surface area (Å²) < 4.78 is 6.90. The Kier molecular flexibility index (Phi) is 7.86. The zero-order valence-electron chi connectivity index (χ0n) is 16.7. The first kappa shape index (κ1) is 22.0. The zero-order chi connectivity index (χ0) is 21.4. The van der Waals surface area contributed by atoms with E-state index in [1.165, 1.54) is 4.57 Å². The van der Waals surface area contributed by atoms with Crippen molar-refractivity contribution in [2.75, 3.05) is 30.3 Å². The van der Waals surface area contributed by atoms with Gasteiger partial charge in [-0.05, 0) is 37.6 Å². The van der Waals surface area contributed by atoms with Crippen molar-refractivity contribution >= 4 is 11.5 Å². The van der Waals surface area contributed by atoms with Gasteiger partial charge in [-0.1, -0.05) is 13.3 Å². The number of nitrogens with two attached hydrogens (primary N) is 1. The van der Waals surface area contributed by atoms with E-state index in [0.29, 0.717) is 24.4 Å². The van der Waals surface area contributed by atoms with Crippen molar-refractivity contribution in [3.8, 4) is 11.8 Å². The lowest BCUT2D eigenvalue weighted by molar-refractivity contribution is 0.112. The molecule has 0 aliphatic heterocycles. The smallest absolute Gasteiger partial charge is 0.330 e. The van der Waals surface area contributed by atoms with Gasteiger partial charge in [-0.3, -0.25) is 14.3 Å². The van der Waals surface area contributed by atoms with Gasteiger partial charge >= 0.3 is 5.69 Å². The average molecular weight is 401 g/mol. The molecule has 1 unspecified atom stereocenters. The molecule has 0 spiro atoms. The van der Waals surface area contributed by atoms with Crippen molar-refractivity contribution in [3.63, 3.8) is 0 Å². The third-order valence-corrected chi connectivity index (χ3v) is 4.50. The van der Waals surface area contributed by atoms with E-state index in [-0.39, 0.29) is 24.7 Å². The van der Waals surface area contributed by atoms with Crippen LogP contribution in [0.2, 0.25) is 0 Å². The van der Waals surface area contributed by atoms with Crippen LogP contribution in [0.5, 0.6) is 5.75 Å². The van der Waals surface area contributed by atoms with Gasteiger partial charge in [0, 0.05) is 19.6 Å². The molecule has 0 amide bonds. The molecule has 29 heavy (non-hydrogen) atoms. The molecule has 2 aromatic rings. The van der Waals surface area contributed by atoms with E-state index in [1.807, 2.05) is 19.9 Å². The highest BCUT2D eigenvalue weighted by atomic mass is 16.5. The van der Waals surface area contributed by atoms with Gasteiger partial charge in [0.1, 0.15) is 30.0 Å². The monoisotopic (exact) mass is 401 g/mol. The Labute approximate surface area is 169 Å². The number of H-pyrrole nitrogens is 1. The van der Waals surface area contributed by atoms with Crippen LogP contribution in [-0.2, 0) is 6.54 Å². The minimum atomic E-state index is -0.902. The molecular formula is C20H27N5O4. The Morgan fingerprint density at radius 1 is 1.31 bits per heavy atom. The lowest BCUT2D eigenvalue weighted by Crippen LogP contribution is -2.42. The SMILES string of the molecule is CCCCn1c(N)c(N(CC)CC(O)COc2ccc(C#N)cc2)c(=O)[nH]c1=O. The molecule has 0 bridgehead atoms. The molecule has 156 valence electrons. The summed E-state index contributed by atoms with van der Waals surface area (Å²) in [5.41, 5.74) is 5.70. The first-order chi connectivity index (χ1) is 13.9. The fraction of sp³-hybridized carbons (Fsp3) is 0.450. The number of aromatic nitrogens is 2. The summed E-state index contributed by atoms with van der Waals surface area (Å²) in [4.78, 5) is 28.4. The number of aliphatic hydroxyl groups is 1. The Balaban J connectivity index is 2.13. The highest BCUT2D eigenvalue weighted by molar-refractivity contribution is 5.62. The van der Waals surface area contributed by atoms with Crippen molar-refractivity contribution in [2.24, 2.45) is 0 Å². The van der Waals surface area contributed by atoms with Crippen molar-refractivity contribution in [1.29, 1.82) is 5.26 Å². The van der Waals surface area contributed by atoms with E-state index in [0.717, 1.165) is 12.8 Å². The number of benzene rings is 1. The number of rotatable bonds is 10. The molecule has 0 aliphatic rings. The summed E-state index contributed by atoms with van der Waals surface area (Å²) in [7, 11) is 0. The standard InChI is InChI=1S/C20H27N5O4/c1-3-5-10-25-18(22)17(19(27)23-20(25)28)24(4-2)12-15(26)13-29-16-8-6-14(11-21)7-9-16/h6-9,15,26H,3-5,10,12-13,22H2,1-2H3,(H,23,27,28). The number of nitriles is 1. The van der Waals surface area contributed by atoms with Crippen LogP contribution < -0.4 is 26.6 Å². The highest BCUT2D eigenvalue weighted by Crippen LogP contribution is 2.18. The third-order valence-electron chi connectivity index (χ3n) is 4.50. The second-order valence-electron chi connectivity index (χ2n) is 6.64. The van der Waals surface area contributed by atoms with E-state index < -0.39 is 17.4 Å². The minimum absolute atomic E-state index is 0.00428. The molecule has 2 rings (SSSR count). The summed E-state index contributed by atoms with van der Waals surface area (Å²) >= 11 is 0.